The number of rotatable bonds is 9. The number of ketones is 1. The Morgan fingerprint density at radius 1 is 0.843 bits per heavy atom. The van der Waals surface area contributed by atoms with Crippen LogP contribution < -0.4 is 26.6 Å². The number of hydrogen-bond acceptors (Lipinski definition) is 8. The lowest BCUT2D eigenvalue weighted by molar-refractivity contribution is -0.136. The molecule has 3 heterocycles. The molecule has 13 heteroatoms. The van der Waals surface area contributed by atoms with Crippen LogP contribution >= 0.6 is 11.6 Å². The Labute approximate surface area is 298 Å². The lowest BCUT2D eigenvalue weighted by Crippen LogP contribution is -2.44. The van der Waals surface area contributed by atoms with Crippen molar-refractivity contribution in [1.29, 1.82) is 0 Å². The van der Waals surface area contributed by atoms with Crippen LogP contribution in [0.25, 0.3) is 5.57 Å². The molecule has 2 aromatic heterocycles. The number of aromatic nitrogens is 2. The molecule has 2 unspecified atom stereocenters. The highest BCUT2D eigenvalue weighted by molar-refractivity contribution is 6.29. The Morgan fingerprint density at radius 3 is 2.24 bits per heavy atom. The lowest BCUT2D eigenvalue weighted by atomic mass is 9.75. The van der Waals surface area contributed by atoms with Gasteiger partial charge in [0.1, 0.15) is 10.8 Å². The minimum absolute atomic E-state index is 0.0718. The summed E-state index contributed by atoms with van der Waals surface area (Å²) in [5, 5.41) is 14.3. The third kappa shape index (κ3) is 7.36. The predicted molar refractivity (Wildman–Crippen MR) is 192 cm³/mol. The van der Waals surface area contributed by atoms with Crippen molar-refractivity contribution in [2.24, 2.45) is 11.8 Å². The molecule has 4 aromatic rings. The number of fused-ring (bicyclic) bond motifs is 1. The number of carbonyl (C=O) groups excluding carboxylic acids is 5. The first kappa shape index (κ1) is 33.6. The largest absolute Gasteiger partial charge is 0.380 e. The molecule has 5 amide bonds. The van der Waals surface area contributed by atoms with E-state index in [4.69, 9.17) is 11.6 Å². The van der Waals surface area contributed by atoms with Gasteiger partial charge in [0.25, 0.3) is 5.91 Å². The topological polar surface area (TPSA) is 171 Å². The quantitative estimate of drug-likeness (QED) is 0.103. The van der Waals surface area contributed by atoms with Gasteiger partial charge in [-0.3, -0.25) is 29.5 Å². The first-order chi connectivity index (χ1) is 24.7. The highest BCUT2D eigenvalue weighted by Gasteiger charge is 2.47. The number of halogens is 1. The summed E-state index contributed by atoms with van der Waals surface area (Å²) >= 11 is 5.87. The van der Waals surface area contributed by atoms with Crippen LogP contribution in [0.2, 0.25) is 5.15 Å². The summed E-state index contributed by atoms with van der Waals surface area (Å²) in [6.45, 7) is 0.714. The van der Waals surface area contributed by atoms with Gasteiger partial charge in [0.15, 0.2) is 5.78 Å². The van der Waals surface area contributed by atoms with Gasteiger partial charge in [-0.05, 0) is 78.3 Å². The first-order valence-electron chi connectivity index (χ1n) is 16.7. The van der Waals surface area contributed by atoms with E-state index in [9.17, 15) is 24.0 Å². The summed E-state index contributed by atoms with van der Waals surface area (Å²) in [5.74, 6) is -2.27. The molecule has 1 saturated carbocycles. The molecule has 0 bridgehead atoms. The number of Topliss-reactive ketones (excluding diaryl/α,β-unsaturated/α-hetero) is 1. The summed E-state index contributed by atoms with van der Waals surface area (Å²) in [4.78, 5) is 72.0. The van der Waals surface area contributed by atoms with E-state index in [1.165, 1.54) is 30.1 Å². The number of benzene rings is 2. The number of allylic oxidation sites excluding steroid dienone is 2. The van der Waals surface area contributed by atoms with E-state index in [0.29, 0.717) is 35.6 Å². The van der Waals surface area contributed by atoms with E-state index in [0.717, 1.165) is 41.5 Å². The summed E-state index contributed by atoms with van der Waals surface area (Å²) in [6, 6.07) is 19.2. The van der Waals surface area contributed by atoms with Crippen molar-refractivity contribution >= 4 is 63.8 Å². The molecule has 0 radical (unpaired) electrons. The molecule has 2 aromatic carbocycles. The fourth-order valence-electron chi connectivity index (χ4n) is 6.74. The van der Waals surface area contributed by atoms with Crippen molar-refractivity contribution < 1.29 is 24.0 Å². The zero-order chi connectivity index (χ0) is 35.5. The van der Waals surface area contributed by atoms with Crippen LogP contribution in [0.5, 0.6) is 0 Å². The zero-order valence-electron chi connectivity index (χ0n) is 27.4. The minimum atomic E-state index is -0.577. The molecule has 5 N–H and O–H groups in total. The number of amides is 5. The van der Waals surface area contributed by atoms with Crippen molar-refractivity contribution in [3.8, 4) is 0 Å². The number of carbonyl (C=O) groups is 5. The van der Waals surface area contributed by atoms with E-state index < -0.39 is 23.8 Å². The standard InChI is InChI=1S/C38H34ClN7O5/c39-30-18-25(14-16-41-30)45-38(51)44-24-13-15-40-29(17-24)37(50)43-20-22-9-7-21(8-10-22)19-42-28-6-2-5-26-32(23-3-1-4-23)34(35(48)33(26)28)27-11-12-31(47)46-36(27)49/h2,5-10,13-18,27,34,42H,1,3-4,11-12,19-20H2,(H,43,50)(H,46,47,49)(H2,40,41,44,45,51). The van der Waals surface area contributed by atoms with Crippen LogP contribution in [0.15, 0.2) is 84.7 Å². The second-order valence-corrected chi connectivity index (χ2v) is 13.1. The molecule has 7 rings (SSSR count). The second kappa shape index (κ2) is 14.5. The minimum Gasteiger partial charge on any atom is -0.380 e. The van der Waals surface area contributed by atoms with Crippen LogP contribution in [0.3, 0.4) is 0 Å². The Bertz CT molecular complexity index is 2090. The van der Waals surface area contributed by atoms with Gasteiger partial charge >= 0.3 is 6.03 Å². The number of imide groups is 1. The molecular formula is C38H34ClN7O5. The van der Waals surface area contributed by atoms with Gasteiger partial charge in [-0.25, -0.2) is 9.78 Å². The highest BCUT2D eigenvalue weighted by Crippen LogP contribution is 2.50. The fourth-order valence-corrected chi connectivity index (χ4v) is 6.91. The number of urea groups is 1. The average Bonchev–Trinajstić information content (AvgIpc) is 3.37. The fraction of sp³-hybridized carbons (Fsp3) is 0.237. The molecule has 3 aliphatic rings. The monoisotopic (exact) mass is 703 g/mol. The first-order valence-corrected chi connectivity index (χ1v) is 17.1. The average molecular weight is 704 g/mol. The van der Waals surface area contributed by atoms with Gasteiger partial charge in [0.2, 0.25) is 11.8 Å². The van der Waals surface area contributed by atoms with Gasteiger partial charge in [-0.2, -0.15) is 0 Å². The van der Waals surface area contributed by atoms with Crippen LogP contribution in [-0.4, -0.2) is 39.5 Å². The summed E-state index contributed by atoms with van der Waals surface area (Å²) in [6.07, 6.45) is 6.40. The van der Waals surface area contributed by atoms with Crippen molar-refractivity contribution in [1.82, 2.24) is 20.6 Å². The maximum absolute atomic E-state index is 14.0. The number of hydrogen-bond donors (Lipinski definition) is 5. The molecule has 12 nitrogen and oxygen atoms in total. The Morgan fingerprint density at radius 2 is 1.55 bits per heavy atom. The maximum Gasteiger partial charge on any atom is 0.323 e. The number of nitrogens with zero attached hydrogens (tertiary/aromatic N) is 2. The summed E-state index contributed by atoms with van der Waals surface area (Å²) < 4.78 is 0. The van der Waals surface area contributed by atoms with Gasteiger partial charge in [0.05, 0.1) is 11.8 Å². The van der Waals surface area contributed by atoms with Crippen molar-refractivity contribution in [3.05, 3.63) is 118 Å². The number of nitrogens with one attached hydrogen (secondary N) is 5. The summed E-state index contributed by atoms with van der Waals surface area (Å²) in [7, 11) is 0. The third-order valence-corrected chi connectivity index (χ3v) is 9.62. The number of pyridine rings is 2. The molecule has 0 spiro atoms. The molecule has 258 valence electrons. The van der Waals surface area contributed by atoms with Gasteiger partial charge < -0.3 is 21.3 Å². The molecule has 2 atom stereocenters. The maximum atomic E-state index is 14.0. The van der Waals surface area contributed by atoms with Crippen LogP contribution in [-0.2, 0) is 22.7 Å². The third-order valence-electron chi connectivity index (χ3n) is 9.41. The molecular weight excluding hydrogens is 670 g/mol. The predicted octanol–water partition coefficient (Wildman–Crippen LogP) is 6.12. The zero-order valence-corrected chi connectivity index (χ0v) is 28.2. The van der Waals surface area contributed by atoms with E-state index in [-0.39, 0.29) is 41.4 Å². The van der Waals surface area contributed by atoms with Crippen LogP contribution in [0, 0.1) is 11.8 Å². The summed E-state index contributed by atoms with van der Waals surface area (Å²) in [5.41, 5.74) is 7.24. The van der Waals surface area contributed by atoms with E-state index >= 15 is 0 Å². The van der Waals surface area contributed by atoms with Crippen molar-refractivity contribution in [3.63, 3.8) is 0 Å². The van der Waals surface area contributed by atoms with E-state index in [1.54, 1.807) is 12.1 Å². The van der Waals surface area contributed by atoms with E-state index in [2.05, 4.69) is 36.6 Å². The SMILES string of the molecule is O=C1CCC(C2C(=O)c3c(NCc4ccc(CNC(=O)c5cc(NC(=O)Nc6ccnc(Cl)c6)ccn5)cc4)cccc3C2=C2CCC2)C(=O)N1. The molecule has 51 heavy (non-hydrogen) atoms. The molecule has 1 saturated heterocycles. The second-order valence-electron chi connectivity index (χ2n) is 12.7. The molecule has 1 aliphatic heterocycles. The van der Waals surface area contributed by atoms with Gasteiger partial charge in [-0.15, -0.1) is 0 Å². The lowest BCUT2D eigenvalue weighted by Gasteiger charge is -2.29. The normalized spacial score (nSPS) is 18.0. The van der Waals surface area contributed by atoms with Crippen molar-refractivity contribution in [2.75, 3.05) is 16.0 Å². The smallest absolute Gasteiger partial charge is 0.323 e. The Balaban J connectivity index is 0.961. The van der Waals surface area contributed by atoms with Crippen LogP contribution in [0.4, 0.5) is 21.9 Å². The molecule has 2 aliphatic carbocycles. The Kier molecular flexibility index (Phi) is 9.58. The number of piperidine rings is 1. The van der Waals surface area contributed by atoms with Gasteiger partial charge in [-0.1, -0.05) is 53.6 Å². The van der Waals surface area contributed by atoms with Gasteiger partial charge in [0, 0.05) is 54.5 Å². The Hall–Kier alpha value is -5.88. The van der Waals surface area contributed by atoms with Crippen LogP contribution in [0.1, 0.15) is 69.6 Å². The van der Waals surface area contributed by atoms with Crippen molar-refractivity contribution in [2.45, 2.75) is 45.2 Å². The van der Waals surface area contributed by atoms with E-state index in [1.807, 2.05) is 42.5 Å². The molecule has 2 fully saturated rings. The highest BCUT2D eigenvalue weighted by atomic mass is 35.5. The number of anilines is 3.